The normalized spacial score (nSPS) is 13.6. The van der Waals surface area contributed by atoms with Gasteiger partial charge in [-0.3, -0.25) is 9.69 Å². The predicted molar refractivity (Wildman–Crippen MR) is 94.2 cm³/mol. The van der Waals surface area contributed by atoms with Crippen LogP contribution in [0.25, 0.3) is 0 Å². The van der Waals surface area contributed by atoms with Crippen LogP contribution >= 0.6 is 0 Å². The smallest absolute Gasteiger partial charge is 0.260 e. The molecular formula is C19H26N2O3. The molecule has 1 aromatic carbocycles. The Hall–Kier alpha value is -2.27. The fourth-order valence-corrected chi connectivity index (χ4v) is 2.62. The molecule has 0 aliphatic carbocycles. The summed E-state index contributed by atoms with van der Waals surface area (Å²) in [5.74, 6) is 1.39. The fourth-order valence-electron chi connectivity index (χ4n) is 2.62. The van der Waals surface area contributed by atoms with E-state index < -0.39 is 6.10 Å². The summed E-state index contributed by atoms with van der Waals surface area (Å²) < 4.78 is 11.2. The van der Waals surface area contributed by atoms with Crippen molar-refractivity contribution in [2.45, 2.75) is 32.9 Å². The molecule has 0 saturated carbocycles. The Labute approximate surface area is 143 Å². The Bertz CT molecular complexity index is 645. The first kappa shape index (κ1) is 18.1. The van der Waals surface area contributed by atoms with E-state index in [1.165, 1.54) is 0 Å². The quantitative estimate of drug-likeness (QED) is 0.848. The maximum atomic E-state index is 12.3. The molecule has 1 amide bonds. The molecule has 5 heteroatoms. The molecule has 2 atom stereocenters. The molecule has 0 saturated heterocycles. The van der Waals surface area contributed by atoms with Crippen molar-refractivity contribution in [3.63, 3.8) is 0 Å². The zero-order valence-corrected chi connectivity index (χ0v) is 15.0. The first-order valence-electron chi connectivity index (χ1n) is 8.09. The molecule has 1 aromatic heterocycles. The molecule has 0 radical (unpaired) electrons. The van der Waals surface area contributed by atoms with Gasteiger partial charge in [0, 0.05) is 6.54 Å². The van der Waals surface area contributed by atoms with Crippen molar-refractivity contribution in [2.75, 3.05) is 20.6 Å². The third kappa shape index (κ3) is 4.86. The number of ether oxygens (including phenoxy) is 1. The van der Waals surface area contributed by atoms with Gasteiger partial charge >= 0.3 is 0 Å². The molecular weight excluding hydrogens is 304 g/mol. The Kier molecular flexibility index (Phi) is 6.04. The van der Waals surface area contributed by atoms with E-state index in [1.54, 1.807) is 13.2 Å². The Morgan fingerprint density at radius 3 is 2.46 bits per heavy atom. The molecule has 2 aromatic rings. The molecule has 0 bridgehead atoms. The Balaban J connectivity index is 1.93. The molecule has 2 rings (SSSR count). The van der Waals surface area contributed by atoms with Gasteiger partial charge in [-0.05, 0) is 70.3 Å². The van der Waals surface area contributed by atoms with Gasteiger partial charge in [-0.2, -0.15) is 0 Å². The van der Waals surface area contributed by atoms with Gasteiger partial charge in [-0.15, -0.1) is 0 Å². The van der Waals surface area contributed by atoms with Crippen LogP contribution in [-0.4, -0.2) is 37.6 Å². The highest BCUT2D eigenvalue weighted by atomic mass is 16.5. The first-order chi connectivity index (χ1) is 11.4. The molecule has 0 aliphatic rings. The van der Waals surface area contributed by atoms with Crippen LogP contribution in [-0.2, 0) is 4.79 Å². The zero-order valence-electron chi connectivity index (χ0n) is 15.0. The number of hydrogen-bond donors (Lipinski definition) is 1. The number of furan rings is 1. The minimum atomic E-state index is -0.564. The highest BCUT2D eigenvalue weighted by Gasteiger charge is 2.20. The standard InChI is InChI=1S/C19H26N2O3/c1-13-9-14(2)11-16(10-13)24-15(3)19(22)20-12-17(21(4)5)18-7-6-8-23-18/h6-11,15,17H,12H2,1-5H3,(H,20,22). The highest BCUT2D eigenvalue weighted by molar-refractivity contribution is 5.80. The SMILES string of the molecule is Cc1cc(C)cc(OC(C)C(=O)NCC(c2ccco2)N(C)C)c1. The second-order valence-electron chi connectivity index (χ2n) is 6.32. The lowest BCUT2D eigenvalue weighted by molar-refractivity contribution is -0.127. The van der Waals surface area contributed by atoms with Crippen LogP contribution in [0.15, 0.2) is 41.0 Å². The van der Waals surface area contributed by atoms with E-state index >= 15 is 0 Å². The van der Waals surface area contributed by atoms with Crippen LogP contribution in [0.1, 0.15) is 29.9 Å². The van der Waals surface area contributed by atoms with E-state index in [0.29, 0.717) is 12.3 Å². The molecule has 5 nitrogen and oxygen atoms in total. The summed E-state index contributed by atoms with van der Waals surface area (Å²) >= 11 is 0. The number of carbonyl (C=O) groups excluding carboxylic acids is 1. The lowest BCUT2D eigenvalue weighted by Crippen LogP contribution is -2.40. The molecule has 0 fully saturated rings. The summed E-state index contributed by atoms with van der Waals surface area (Å²) in [4.78, 5) is 14.3. The van der Waals surface area contributed by atoms with Crippen LogP contribution in [0, 0.1) is 13.8 Å². The van der Waals surface area contributed by atoms with Crippen LogP contribution in [0.2, 0.25) is 0 Å². The van der Waals surface area contributed by atoms with Gasteiger partial charge in [0.15, 0.2) is 6.10 Å². The number of amides is 1. The number of nitrogens with zero attached hydrogens (tertiary/aromatic N) is 1. The van der Waals surface area contributed by atoms with Crippen molar-refractivity contribution in [1.82, 2.24) is 10.2 Å². The zero-order chi connectivity index (χ0) is 17.7. The van der Waals surface area contributed by atoms with E-state index in [1.807, 2.05) is 57.1 Å². The molecule has 130 valence electrons. The maximum Gasteiger partial charge on any atom is 0.260 e. The van der Waals surface area contributed by atoms with Gasteiger partial charge in [0.05, 0.1) is 12.3 Å². The first-order valence-corrected chi connectivity index (χ1v) is 8.09. The summed E-state index contributed by atoms with van der Waals surface area (Å²) in [6.45, 7) is 6.23. The second kappa shape index (κ2) is 8.02. The number of likely N-dealkylation sites (N-methyl/N-ethyl adjacent to an activating group) is 1. The van der Waals surface area contributed by atoms with E-state index in [9.17, 15) is 4.79 Å². The lowest BCUT2D eigenvalue weighted by atomic mass is 10.1. The number of hydrogen-bond acceptors (Lipinski definition) is 4. The van der Waals surface area contributed by atoms with E-state index in [-0.39, 0.29) is 11.9 Å². The average molecular weight is 330 g/mol. The third-order valence-corrected chi connectivity index (χ3v) is 3.84. The summed E-state index contributed by atoms with van der Waals surface area (Å²) in [7, 11) is 3.91. The number of aryl methyl sites for hydroxylation is 2. The van der Waals surface area contributed by atoms with E-state index in [0.717, 1.165) is 16.9 Å². The molecule has 0 aliphatic heterocycles. The van der Waals surface area contributed by atoms with Gasteiger partial charge in [-0.1, -0.05) is 6.07 Å². The molecule has 2 unspecified atom stereocenters. The van der Waals surface area contributed by atoms with E-state index in [2.05, 4.69) is 11.4 Å². The van der Waals surface area contributed by atoms with Crippen LogP contribution in [0.3, 0.4) is 0 Å². The van der Waals surface area contributed by atoms with Crippen molar-refractivity contribution in [1.29, 1.82) is 0 Å². The summed E-state index contributed by atoms with van der Waals surface area (Å²) in [5, 5.41) is 2.94. The second-order valence-corrected chi connectivity index (χ2v) is 6.32. The summed E-state index contributed by atoms with van der Waals surface area (Å²) in [5.41, 5.74) is 2.23. The van der Waals surface area contributed by atoms with Gasteiger partial charge in [0.1, 0.15) is 11.5 Å². The third-order valence-electron chi connectivity index (χ3n) is 3.84. The molecule has 1 N–H and O–H groups in total. The number of benzene rings is 1. The Morgan fingerprint density at radius 2 is 1.92 bits per heavy atom. The van der Waals surface area contributed by atoms with Gasteiger partial charge < -0.3 is 14.5 Å². The molecule has 24 heavy (non-hydrogen) atoms. The predicted octanol–water partition coefficient (Wildman–Crippen LogP) is 3.08. The van der Waals surface area contributed by atoms with Crippen LogP contribution < -0.4 is 10.1 Å². The van der Waals surface area contributed by atoms with Crippen molar-refractivity contribution in [3.8, 4) is 5.75 Å². The van der Waals surface area contributed by atoms with Gasteiger partial charge in [0.25, 0.3) is 5.91 Å². The van der Waals surface area contributed by atoms with Crippen molar-refractivity contribution in [2.24, 2.45) is 0 Å². The van der Waals surface area contributed by atoms with Crippen molar-refractivity contribution < 1.29 is 13.9 Å². The molecule has 1 heterocycles. The minimum Gasteiger partial charge on any atom is -0.481 e. The largest absolute Gasteiger partial charge is 0.481 e. The monoisotopic (exact) mass is 330 g/mol. The number of carbonyl (C=O) groups is 1. The Morgan fingerprint density at radius 1 is 1.25 bits per heavy atom. The average Bonchev–Trinajstić information content (AvgIpc) is 2.99. The van der Waals surface area contributed by atoms with Crippen LogP contribution in [0.5, 0.6) is 5.75 Å². The lowest BCUT2D eigenvalue weighted by Gasteiger charge is -2.23. The van der Waals surface area contributed by atoms with Crippen molar-refractivity contribution in [3.05, 3.63) is 53.5 Å². The topological polar surface area (TPSA) is 54.7 Å². The van der Waals surface area contributed by atoms with Gasteiger partial charge in [-0.25, -0.2) is 0 Å². The summed E-state index contributed by atoms with van der Waals surface area (Å²) in [6.07, 6.45) is 1.07. The molecule has 0 spiro atoms. The fraction of sp³-hybridized carbons (Fsp3) is 0.421. The van der Waals surface area contributed by atoms with Crippen molar-refractivity contribution >= 4 is 5.91 Å². The highest BCUT2D eigenvalue weighted by Crippen LogP contribution is 2.19. The maximum absolute atomic E-state index is 12.3. The summed E-state index contributed by atoms with van der Waals surface area (Å²) in [6, 6.07) is 9.68. The number of nitrogens with one attached hydrogen (secondary N) is 1. The van der Waals surface area contributed by atoms with E-state index in [4.69, 9.17) is 9.15 Å². The minimum absolute atomic E-state index is 0.0163. The van der Waals surface area contributed by atoms with Gasteiger partial charge in [0.2, 0.25) is 0 Å². The number of rotatable bonds is 7. The van der Waals surface area contributed by atoms with Crippen LogP contribution in [0.4, 0.5) is 0 Å².